The van der Waals surface area contributed by atoms with E-state index in [1.807, 2.05) is 0 Å². The average molecular weight is 322 g/mol. The second kappa shape index (κ2) is 7.19. The smallest absolute Gasteiger partial charge is 0.326 e. The van der Waals surface area contributed by atoms with E-state index in [9.17, 15) is 24.8 Å². The lowest BCUT2D eigenvalue weighted by atomic mass is 10.1. The van der Waals surface area contributed by atoms with Gasteiger partial charge in [-0.05, 0) is 12.0 Å². The fourth-order valence-electron chi connectivity index (χ4n) is 2.70. The summed E-state index contributed by atoms with van der Waals surface area (Å²) in [7, 11) is 1.49. The van der Waals surface area contributed by atoms with Gasteiger partial charge in [0.2, 0.25) is 5.91 Å². The first kappa shape index (κ1) is 16.9. The Morgan fingerprint density at radius 3 is 2.83 bits per heavy atom. The Hall–Kier alpha value is -2.48. The molecule has 0 bridgehead atoms. The number of nitro groups is 1. The lowest BCUT2D eigenvalue weighted by Gasteiger charge is -2.21. The van der Waals surface area contributed by atoms with Gasteiger partial charge in [0.05, 0.1) is 11.0 Å². The Bertz CT molecular complexity index is 618. The van der Waals surface area contributed by atoms with Crippen LogP contribution in [0.15, 0.2) is 24.3 Å². The molecule has 1 heterocycles. The molecule has 23 heavy (non-hydrogen) atoms. The summed E-state index contributed by atoms with van der Waals surface area (Å²) in [6.07, 6.45) is 0.411. The molecule has 1 aromatic rings. The normalized spacial score (nSPS) is 20.5. The number of carboxylic acid groups (broad SMARTS) is 1. The van der Waals surface area contributed by atoms with Crippen molar-refractivity contribution in [2.45, 2.75) is 31.4 Å². The topological polar surface area (TPSA) is 110 Å². The van der Waals surface area contributed by atoms with Crippen LogP contribution in [0.4, 0.5) is 5.69 Å². The van der Waals surface area contributed by atoms with E-state index in [0.29, 0.717) is 12.0 Å². The maximum Gasteiger partial charge on any atom is 0.326 e. The largest absolute Gasteiger partial charge is 0.480 e. The van der Waals surface area contributed by atoms with Gasteiger partial charge >= 0.3 is 5.97 Å². The van der Waals surface area contributed by atoms with Gasteiger partial charge in [0.15, 0.2) is 0 Å². The molecule has 8 heteroatoms. The van der Waals surface area contributed by atoms with Crippen LogP contribution in [0, 0.1) is 10.1 Å². The van der Waals surface area contributed by atoms with Crippen molar-refractivity contribution in [1.82, 2.24) is 4.90 Å². The highest BCUT2D eigenvalue weighted by atomic mass is 16.6. The van der Waals surface area contributed by atoms with Crippen LogP contribution in [0.25, 0.3) is 0 Å². The lowest BCUT2D eigenvalue weighted by molar-refractivity contribution is -0.384. The van der Waals surface area contributed by atoms with Gasteiger partial charge in [-0.15, -0.1) is 0 Å². The first-order valence-electron chi connectivity index (χ1n) is 7.20. The molecule has 1 fully saturated rings. The first-order valence-corrected chi connectivity index (χ1v) is 7.20. The minimum Gasteiger partial charge on any atom is -0.480 e. The van der Waals surface area contributed by atoms with E-state index in [1.54, 1.807) is 12.1 Å². The summed E-state index contributed by atoms with van der Waals surface area (Å²) < 4.78 is 5.14. The van der Waals surface area contributed by atoms with E-state index in [1.165, 1.54) is 24.1 Å². The molecule has 2 rings (SSSR count). The lowest BCUT2D eigenvalue weighted by Crippen LogP contribution is -2.40. The maximum absolute atomic E-state index is 12.3. The number of non-ortho nitro benzene ring substituents is 1. The summed E-state index contributed by atoms with van der Waals surface area (Å²) in [5, 5.41) is 19.9. The summed E-state index contributed by atoms with van der Waals surface area (Å²) in [5.74, 6) is -1.34. The second-order valence-electron chi connectivity index (χ2n) is 5.42. The number of aryl methyl sites for hydroxylation is 1. The number of hydrogen-bond acceptors (Lipinski definition) is 5. The molecule has 1 aliphatic heterocycles. The first-order chi connectivity index (χ1) is 10.9. The van der Waals surface area contributed by atoms with E-state index in [4.69, 9.17) is 4.74 Å². The summed E-state index contributed by atoms with van der Waals surface area (Å²) in [5.41, 5.74) is 0.640. The maximum atomic E-state index is 12.3. The van der Waals surface area contributed by atoms with Crippen molar-refractivity contribution in [3.63, 3.8) is 0 Å². The Morgan fingerprint density at radius 1 is 1.48 bits per heavy atom. The molecule has 2 atom stereocenters. The number of nitrogens with zero attached hydrogens (tertiary/aromatic N) is 2. The number of aliphatic carboxylic acids is 1. The van der Waals surface area contributed by atoms with Crippen LogP contribution in [-0.2, 0) is 20.7 Å². The van der Waals surface area contributed by atoms with Gasteiger partial charge in [-0.25, -0.2) is 4.79 Å². The van der Waals surface area contributed by atoms with Crippen molar-refractivity contribution in [1.29, 1.82) is 0 Å². The summed E-state index contributed by atoms with van der Waals surface area (Å²) in [6.45, 7) is 0.251. The fraction of sp³-hybridized carbons (Fsp3) is 0.467. The van der Waals surface area contributed by atoms with Crippen LogP contribution in [0.3, 0.4) is 0 Å². The van der Waals surface area contributed by atoms with Crippen LogP contribution >= 0.6 is 0 Å². The number of ether oxygens (including phenoxy) is 1. The number of benzene rings is 1. The molecule has 1 amide bonds. The Balaban J connectivity index is 2.00. The Labute approximate surface area is 132 Å². The number of methoxy groups -OCH3 is 1. The third kappa shape index (κ3) is 4.04. The molecular weight excluding hydrogens is 304 g/mol. The Morgan fingerprint density at radius 2 is 2.22 bits per heavy atom. The number of carbonyl (C=O) groups excluding carboxylic acids is 1. The number of carbonyl (C=O) groups is 2. The molecular formula is C15H18N2O6. The Kier molecular flexibility index (Phi) is 5.28. The highest BCUT2D eigenvalue weighted by Crippen LogP contribution is 2.22. The van der Waals surface area contributed by atoms with E-state index in [2.05, 4.69) is 0 Å². The highest BCUT2D eigenvalue weighted by molar-refractivity contribution is 5.84. The van der Waals surface area contributed by atoms with Crippen molar-refractivity contribution in [2.75, 3.05) is 13.7 Å². The predicted octanol–water partition coefficient (Wildman–Crippen LogP) is 1.23. The molecule has 1 aromatic carbocycles. The number of carboxylic acids is 1. The van der Waals surface area contributed by atoms with Gasteiger partial charge in [0.1, 0.15) is 6.04 Å². The quantitative estimate of drug-likeness (QED) is 0.623. The second-order valence-corrected chi connectivity index (χ2v) is 5.42. The van der Waals surface area contributed by atoms with Crippen LogP contribution in [0.1, 0.15) is 18.4 Å². The fourth-order valence-corrected chi connectivity index (χ4v) is 2.70. The molecule has 8 nitrogen and oxygen atoms in total. The van der Waals surface area contributed by atoms with Crippen molar-refractivity contribution >= 4 is 17.6 Å². The third-order valence-electron chi connectivity index (χ3n) is 3.95. The monoisotopic (exact) mass is 322 g/mol. The molecule has 0 aliphatic carbocycles. The SMILES string of the molecule is COC1CC(C(=O)O)N(C(=O)CCc2cccc([N+](=O)[O-])c2)C1. The van der Waals surface area contributed by atoms with Crippen molar-refractivity contribution in [3.05, 3.63) is 39.9 Å². The minimum absolute atomic E-state index is 0.0287. The average Bonchev–Trinajstić information content (AvgIpc) is 2.97. The number of likely N-dealkylation sites (tertiary alicyclic amines) is 1. The van der Waals surface area contributed by atoms with Crippen LogP contribution < -0.4 is 0 Å². The van der Waals surface area contributed by atoms with Crippen LogP contribution in [0.5, 0.6) is 0 Å². The molecule has 1 N–H and O–H groups in total. The zero-order valence-corrected chi connectivity index (χ0v) is 12.7. The van der Waals surface area contributed by atoms with Crippen LogP contribution in [0.2, 0.25) is 0 Å². The summed E-state index contributed by atoms with van der Waals surface area (Å²) in [4.78, 5) is 35.1. The van der Waals surface area contributed by atoms with Gasteiger partial charge in [0.25, 0.3) is 5.69 Å². The highest BCUT2D eigenvalue weighted by Gasteiger charge is 2.39. The molecule has 0 radical (unpaired) electrons. The number of hydrogen-bond donors (Lipinski definition) is 1. The van der Waals surface area contributed by atoms with Crippen LogP contribution in [-0.4, -0.2) is 52.6 Å². The minimum atomic E-state index is -1.05. The number of nitro benzene ring substituents is 1. The zero-order chi connectivity index (χ0) is 17.0. The molecule has 0 spiro atoms. The molecule has 0 saturated carbocycles. The molecule has 1 aliphatic rings. The summed E-state index contributed by atoms with van der Waals surface area (Å²) >= 11 is 0. The number of rotatable bonds is 6. The van der Waals surface area contributed by atoms with Gasteiger partial charge in [-0.3, -0.25) is 14.9 Å². The third-order valence-corrected chi connectivity index (χ3v) is 3.95. The standard InChI is InChI=1S/C15H18N2O6/c1-23-12-8-13(15(19)20)16(9-12)14(18)6-5-10-3-2-4-11(7-10)17(21)22/h2-4,7,12-13H,5-6,8-9H2,1H3,(H,19,20). The van der Waals surface area contributed by atoms with E-state index < -0.39 is 16.9 Å². The van der Waals surface area contributed by atoms with Crippen molar-refractivity contribution in [2.24, 2.45) is 0 Å². The molecule has 124 valence electrons. The molecule has 0 aromatic heterocycles. The van der Waals surface area contributed by atoms with Gasteiger partial charge in [-0.2, -0.15) is 0 Å². The van der Waals surface area contributed by atoms with E-state index in [0.717, 1.165) is 0 Å². The number of amides is 1. The van der Waals surface area contributed by atoms with E-state index in [-0.39, 0.29) is 37.1 Å². The molecule has 2 unspecified atom stereocenters. The summed E-state index contributed by atoms with van der Waals surface area (Å²) in [6, 6.07) is 5.20. The van der Waals surface area contributed by atoms with Gasteiger partial charge in [-0.1, -0.05) is 12.1 Å². The van der Waals surface area contributed by atoms with Crippen molar-refractivity contribution in [3.8, 4) is 0 Å². The van der Waals surface area contributed by atoms with Crippen molar-refractivity contribution < 1.29 is 24.4 Å². The van der Waals surface area contributed by atoms with Gasteiger partial charge in [0, 0.05) is 38.6 Å². The van der Waals surface area contributed by atoms with Gasteiger partial charge < -0.3 is 14.7 Å². The zero-order valence-electron chi connectivity index (χ0n) is 12.7. The predicted molar refractivity (Wildman–Crippen MR) is 80.0 cm³/mol. The molecule has 1 saturated heterocycles. The van der Waals surface area contributed by atoms with E-state index >= 15 is 0 Å².